The van der Waals surface area contributed by atoms with Gasteiger partial charge < -0.3 is 5.11 Å². The van der Waals surface area contributed by atoms with Crippen molar-refractivity contribution < 1.29 is 18.3 Å². The maximum Gasteiger partial charge on any atom is 0.416 e. The van der Waals surface area contributed by atoms with E-state index in [9.17, 15) is 18.3 Å². The van der Waals surface area contributed by atoms with Crippen molar-refractivity contribution in [2.75, 3.05) is 0 Å². The Morgan fingerprint density at radius 3 is 2.24 bits per heavy atom. The molecule has 1 nitrogen and oxygen atoms in total. The van der Waals surface area contributed by atoms with E-state index in [1.54, 1.807) is 0 Å². The number of aliphatic hydroxyl groups is 1. The first kappa shape index (κ1) is 14.0. The zero-order valence-corrected chi connectivity index (χ0v) is 9.80. The van der Waals surface area contributed by atoms with Gasteiger partial charge in [0.1, 0.15) is 0 Å². The summed E-state index contributed by atoms with van der Waals surface area (Å²) in [5, 5.41) is 9.34. The van der Waals surface area contributed by atoms with Gasteiger partial charge in [0.15, 0.2) is 0 Å². The molecule has 1 atom stereocenters. The van der Waals surface area contributed by atoms with Crippen molar-refractivity contribution in [1.29, 1.82) is 0 Å². The zero-order chi connectivity index (χ0) is 12.9. The van der Waals surface area contributed by atoms with Gasteiger partial charge >= 0.3 is 6.18 Å². The summed E-state index contributed by atoms with van der Waals surface area (Å²) < 4.78 is 36.9. The van der Waals surface area contributed by atoms with Gasteiger partial charge in [-0.3, -0.25) is 0 Å². The lowest BCUT2D eigenvalue weighted by Crippen LogP contribution is -2.05. The number of aliphatic hydroxyl groups excluding tert-OH is 1. The van der Waals surface area contributed by atoms with E-state index in [2.05, 4.69) is 0 Å². The highest BCUT2D eigenvalue weighted by Crippen LogP contribution is 2.29. The van der Waals surface area contributed by atoms with Crippen LogP contribution in [-0.2, 0) is 12.6 Å². The molecule has 0 aliphatic carbocycles. The predicted molar refractivity (Wildman–Crippen MR) is 60.7 cm³/mol. The number of aryl methyl sites for hydroxylation is 1. The van der Waals surface area contributed by atoms with Crippen molar-refractivity contribution in [3.63, 3.8) is 0 Å². The lowest BCUT2D eigenvalue weighted by Gasteiger charge is -2.09. The minimum atomic E-state index is -4.27. The average Bonchev–Trinajstić information content (AvgIpc) is 2.28. The first-order chi connectivity index (χ1) is 7.93. The van der Waals surface area contributed by atoms with Crippen LogP contribution in [0.3, 0.4) is 0 Å². The average molecular weight is 246 g/mol. The molecule has 96 valence electrons. The van der Waals surface area contributed by atoms with Crippen LogP contribution in [-0.4, -0.2) is 11.2 Å². The summed E-state index contributed by atoms with van der Waals surface area (Å²) in [6.45, 7) is 1.91. The smallest absolute Gasteiger partial charge is 0.393 e. The van der Waals surface area contributed by atoms with Gasteiger partial charge in [-0.25, -0.2) is 0 Å². The van der Waals surface area contributed by atoms with Gasteiger partial charge in [0.25, 0.3) is 0 Å². The monoisotopic (exact) mass is 246 g/mol. The minimum absolute atomic E-state index is 0.301. The Balaban J connectivity index is 2.46. The Bertz CT molecular complexity index is 330. The fourth-order valence-corrected chi connectivity index (χ4v) is 1.61. The predicted octanol–water partition coefficient (Wildman–Crippen LogP) is 3.80. The van der Waals surface area contributed by atoms with E-state index in [0.717, 1.165) is 24.1 Å². The fraction of sp³-hybridized carbons (Fsp3) is 0.538. The van der Waals surface area contributed by atoms with Gasteiger partial charge in [-0.05, 0) is 43.4 Å². The number of hydrogen-bond donors (Lipinski definition) is 1. The fourth-order valence-electron chi connectivity index (χ4n) is 1.61. The molecule has 4 heteroatoms. The molecule has 0 aromatic heterocycles. The number of halogens is 3. The molecule has 0 aliphatic rings. The quantitative estimate of drug-likeness (QED) is 0.837. The van der Waals surface area contributed by atoms with Crippen LogP contribution < -0.4 is 0 Å². The third-order valence-corrected chi connectivity index (χ3v) is 2.76. The van der Waals surface area contributed by atoms with Crippen LogP contribution in [0.1, 0.15) is 37.3 Å². The molecule has 0 bridgehead atoms. The van der Waals surface area contributed by atoms with Crippen LogP contribution in [0.5, 0.6) is 0 Å². The van der Waals surface area contributed by atoms with Crippen LogP contribution >= 0.6 is 0 Å². The molecule has 1 N–H and O–H groups in total. The maximum atomic E-state index is 12.3. The summed E-state index contributed by atoms with van der Waals surface area (Å²) >= 11 is 0. The number of hydrogen-bond acceptors (Lipinski definition) is 1. The summed E-state index contributed by atoms with van der Waals surface area (Å²) in [4.78, 5) is 0. The molecule has 1 aromatic rings. The maximum absolute atomic E-state index is 12.3. The first-order valence-electron chi connectivity index (χ1n) is 5.77. The van der Waals surface area contributed by atoms with Crippen molar-refractivity contribution in [2.45, 2.75) is 44.9 Å². The second-order valence-electron chi connectivity index (χ2n) is 4.15. The first-order valence-corrected chi connectivity index (χ1v) is 5.77. The molecule has 0 amide bonds. The Hall–Kier alpha value is -1.03. The molecule has 0 fully saturated rings. The molecule has 1 aromatic carbocycles. The normalized spacial score (nSPS) is 13.7. The number of rotatable bonds is 5. The highest BCUT2D eigenvalue weighted by Gasteiger charge is 2.29. The van der Waals surface area contributed by atoms with Crippen LogP contribution in [0.25, 0.3) is 0 Å². The third-order valence-electron chi connectivity index (χ3n) is 2.76. The van der Waals surface area contributed by atoms with Crippen LogP contribution in [0.4, 0.5) is 13.2 Å². The second kappa shape index (κ2) is 6.05. The summed E-state index contributed by atoms with van der Waals surface area (Å²) in [6, 6.07) is 5.21. The van der Waals surface area contributed by atoms with Gasteiger partial charge in [-0.1, -0.05) is 19.1 Å². The minimum Gasteiger partial charge on any atom is -0.393 e. The molecule has 0 aliphatic heterocycles. The summed E-state index contributed by atoms with van der Waals surface area (Å²) in [5.74, 6) is 0. The molecule has 0 heterocycles. The SMILES string of the molecule is CCC(O)CCCc1ccc(C(F)(F)F)cc1. The number of alkyl halides is 3. The lowest BCUT2D eigenvalue weighted by atomic mass is 10.0. The van der Waals surface area contributed by atoms with E-state index in [4.69, 9.17) is 0 Å². The molecular weight excluding hydrogens is 229 g/mol. The van der Waals surface area contributed by atoms with E-state index in [1.807, 2.05) is 6.92 Å². The highest BCUT2D eigenvalue weighted by atomic mass is 19.4. The Kier molecular flexibility index (Phi) is 5.00. The number of benzene rings is 1. The van der Waals surface area contributed by atoms with Gasteiger partial charge in [0.05, 0.1) is 11.7 Å². The van der Waals surface area contributed by atoms with Gasteiger partial charge in [-0.2, -0.15) is 13.2 Å². The van der Waals surface area contributed by atoms with Crippen molar-refractivity contribution in [2.24, 2.45) is 0 Å². The molecule has 0 radical (unpaired) electrons. The standard InChI is InChI=1S/C13H17F3O/c1-2-12(17)5-3-4-10-6-8-11(9-7-10)13(14,15)16/h6-9,12,17H,2-5H2,1H3. The van der Waals surface area contributed by atoms with E-state index in [0.29, 0.717) is 19.3 Å². The molecule has 0 saturated carbocycles. The second-order valence-corrected chi connectivity index (χ2v) is 4.15. The largest absolute Gasteiger partial charge is 0.416 e. The summed E-state index contributed by atoms with van der Waals surface area (Å²) in [7, 11) is 0. The zero-order valence-electron chi connectivity index (χ0n) is 9.80. The molecule has 1 unspecified atom stereocenters. The van der Waals surface area contributed by atoms with Gasteiger partial charge in [0.2, 0.25) is 0 Å². The van der Waals surface area contributed by atoms with Crippen molar-refractivity contribution >= 4 is 0 Å². The Labute approximate surface area is 99.3 Å². The van der Waals surface area contributed by atoms with Crippen molar-refractivity contribution in [3.05, 3.63) is 35.4 Å². The highest BCUT2D eigenvalue weighted by molar-refractivity contribution is 5.24. The Morgan fingerprint density at radius 1 is 1.18 bits per heavy atom. The molecule has 1 rings (SSSR count). The van der Waals surface area contributed by atoms with Crippen molar-refractivity contribution in [1.82, 2.24) is 0 Å². The van der Waals surface area contributed by atoms with Crippen LogP contribution in [0, 0.1) is 0 Å². The summed E-state index contributed by atoms with van der Waals surface area (Å²) in [6.07, 6.45) is -1.67. The molecule has 0 saturated heterocycles. The van der Waals surface area contributed by atoms with E-state index in [1.165, 1.54) is 12.1 Å². The van der Waals surface area contributed by atoms with E-state index in [-0.39, 0.29) is 6.10 Å². The Morgan fingerprint density at radius 2 is 1.76 bits per heavy atom. The topological polar surface area (TPSA) is 20.2 Å². The molecular formula is C13H17F3O. The van der Waals surface area contributed by atoms with Gasteiger partial charge in [0, 0.05) is 0 Å². The molecule has 0 spiro atoms. The molecule has 17 heavy (non-hydrogen) atoms. The van der Waals surface area contributed by atoms with Gasteiger partial charge in [-0.15, -0.1) is 0 Å². The van der Waals surface area contributed by atoms with Crippen LogP contribution in [0.15, 0.2) is 24.3 Å². The van der Waals surface area contributed by atoms with E-state index < -0.39 is 11.7 Å². The van der Waals surface area contributed by atoms with Crippen molar-refractivity contribution in [3.8, 4) is 0 Å². The lowest BCUT2D eigenvalue weighted by molar-refractivity contribution is -0.137. The third kappa shape index (κ3) is 4.77. The van der Waals surface area contributed by atoms with E-state index >= 15 is 0 Å². The summed E-state index contributed by atoms with van der Waals surface area (Å²) in [5.41, 5.74) is 0.260. The van der Waals surface area contributed by atoms with Crippen LogP contribution in [0.2, 0.25) is 0 Å².